The molecule has 0 unspecified atom stereocenters. The smallest absolute Gasteiger partial charge is 0.245 e. The Balaban J connectivity index is 0.000000159. The number of rotatable bonds is 4. The van der Waals surface area contributed by atoms with Gasteiger partial charge in [0.2, 0.25) is 5.89 Å². The van der Waals surface area contributed by atoms with Crippen molar-refractivity contribution in [2.45, 2.75) is 53.4 Å². The van der Waals surface area contributed by atoms with Crippen molar-refractivity contribution in [3.63, 3.8) is 0 Å². The number of aryl methyl sites for hydroxylation is 2. The molecular weight excluding hydrogens is 645 g/mol. The van der Waals surface area contributed by atoms with Gasteiger partial charge in [0, 0.05) is 39.2 Å². The summed E-state index contributed by atoms with van der Waals surface area (Å²) >= 11 is 0. The van der Waals surface area contributed by atoms with Gasteiger partial charge in [0.05, 0.1) is 34.9 Å². The van der Waals surface area contributed by atoms with Gasteiger partial charge in [0.25, 0.3) is 0 Å². The summed E-state index contributed by atoms with van der Waals surface area (Å²) in [6.07, 6.45) is 4.72. The lowest BCUT2D eigenvalue weighted by atomic mass is 9.75. The molecule has 0 saturated heterocycles. The summed E-state index contributed by atoms with van der Waals surface area (Å²) in [5.41, 5.74) is 6.12. The molecule has 2 aliphatic rings. The summed E-state index contributed by atoms with van der Waals surface area (Å²) in [6, 6.07) is 24.4. The number of carbonyl (C=O) groups is 2. The van der Waals surface area contributed by atoms with Crippen molar-refractivity contribution >= 4 is 11.6 Å². The van der Waals surface area contributed by atoms with Crippen LogP contribution >= 0.6 is 0 Å². The van der Waals surface area contributed by atoms with Crippen molar-refractivity contribution in [1.82, 2.24) is 20.1 Å². The van der Waals surface area contributed by atoms with Gasteiger partial charge in [-0.05, 0) is 74.2 Å². The Morgan fingerprint density at radius 2 is 1.33 bits per heavy atom. The van der Waals surface area contributed by atoms with E-state index < -0.39 is 0 Å². The Hall–Kier alpha value is -6.08. The Bertz CT molecular complexity index is 2360. The summed E-state index contributed by atoms with van der Waals surface area (Å²) < 4.78 is 24.5. The van der Waals surface area contributed by atoms with E-state index in [2.05, 4.69) is 26.2 Å². The number of benzene rings is 2. The third kappa shape index (κ3) is 6.63. The number of oxazole rings is 1. The Labute approximate surface area is 294 Å². The largest absolute Gasteiger partial charge is 0.435 e. The van der Waals surface area contributed by atoms with Gasteiger partial charge in [-0.1, -0.05) is 57.1 Å². The lowest BCUT2D eigenvalue weighted by molar-refractivity contribution is 0.0803. The highest BCUT2D eigenvalue weighted by atomic mass is 19.1. The predicted octanol–water partition coefficient (Wildman–Crippen LogP) is 9.13. The summed E-state index contributed by atoms with van der Waals surface area (Å²) in [6.45, 7) is 7.88. The average Bonchev–Trinajstić information content (AvgIpc) is 3.84. The monoisotopic (exact) mass is 679 g/mol. The number of ketones is 2. The average molecular weight is 680 g/mol. The van der Waals surface area contributed by atoms with Crippen LogP contribution in [0.4, 0.5) is 4.39 Å². The van der Waals surface area contributed by atoms with Crippen molar-refractivity contribution in [3.8, 4) is 51.7 Å². The molecule has 0 spiro atoms. The fraction of sp³-hybridized carbons (Fsp3) is 0.244. The van der Waals surface area contributed by atoms with Crippen LogP contribution in [0.5, 0.6) is 0 Å². The lowest BCUT2D eigenvalue weighted by Gasteiger charge is -2.28. The molecule has 8 rings (SSSR count). The SMILES string of the molecule is CC1(C)CCc2nc(-c3cc(-c4cccc(F)c4)on3)ccc2C1=O.CC1(C)CCc2nc(-c3ncc(-c4cccc(C#N)c4)o3)ccc2C1=O. The fourth-order valence-corrected chi connectivity index (χ4v) is 6.32. The van der Waals surface area contributed by atoms with Crippen LogP contribution in [-0.4, -0.2) is 31.7 Å². The first-order valence-electron chi connectivity index (χ1n) is 16.7. The quantitative estimate of drug-likeness (QED) is 0.179. The number of fused-ring (bicyclic) bond motifs is 2. The lowest BCUT2D eigenvalue weighted by Crippen LogP contribution is -2.31. The molecule has 0 bridgehead atoms. The second-order valence-corrected chi connectivity index (χ2v) is 14.1. The van der Waals surface area contributed by atoms with E-state index in [0.717, 1.165) is 42.6 Å². The number of halogens is 1. The zero-order chi connectivity index (χ0) is 35.9. The fourth-order valence-electron chi connectivity index (χ4n) is 6.32. The summed E-state index contributed by atoms with van der Waals surface area (Å²) in [5, 5.41) is 13.1. The van der Waals surface area contributed by atoms with Gasteiger partial charge in [-0.15, -0.1) is 0 Å². The van der Waals surface area contributed by atoms with E-state index in [1.54, 1.807) is 54.7 Å². The molecule has 0 aliphatic heterocycles. The Morgan fingerprint density at radius 1 is 0.725 bits per heavy atom. The molecule has 0 amide bonds. The molecule has 2 aliphatic carbocycles. The Kier molecular flexibility index (Phi) is 8.51. The Morgan fingerprint density at radius 3 is 1.98 bits per heavy atom. The van der Waals surface area contributed by atoms with Crippen LogP contribution in [-0.2, 0) is 12.8 Å². The van der Waals surface area contributed by atoms with Gasteiger partial charge in [-0.2, -0.15) is 5.26 Å². The molecule has 51 heavy (non-hydrogen) atoms. The van der Waals surface area contributed by atoms with Crippen LogP contribution in [0.3, 0.4) is 0 Å². The number of nitriles is 1. The number of hydrogen-bond donors (Lipinski definition) is 0. The molecule has 4 aromatic heterocycles. The number of aromatic nitrogens is 4. The minimum Gasteiger partial charge on any atom is -0.435 e. The second kappa shape index (κ2) is 13.0. The predicted molar refractivity (Wildman–Crippen MR) is 188 cm³/mol. The van der Waals surface area contributed by atoms with Crippen LogP contribution in [0.25, 0.3) is 45.6 Å². The molecular formula is C41H34FN5O4. The standard InChI is InChI=1S/C21H17N3O2.C20H17FN2O2/c1-21(2)9-8-16-15(19(21)25)6-7-17(24-16)20-23-12-18(26-20)14-5-3-4-13(10-14)11-22;1-20(2)9-8-15-14(19(20)24)6-7-16(22-15)17-11-18(25-23-17)12-4-3-5-13(21)10-12/h3-7,10,12H,8-9H2,1-2H3;3-7,10-11H,8-9H2,1-2H3. The highest BCUT2D eigenvalue weighted by Crippen LogP contribution is 2.37. The normalized spacial score (nSPS) is 15.6. The molecule has 4 heterocycles. The van der Waals surface area contributed by atoms with Crippen molar-refractivity contribution in [1.29, 1.82) is 5.26 Å². The van der Waals surface area contributed by atoms with Crippen LogP contribution in [0.1, 0.15) is 78.2 Å². The molecule has 6 aromatic rings. The summed E-state index contributed by atoms with van der Waals surface area (Å²) in [5.74, 6) is 1.40. The van der Waals surface area contributed by atoms with Crippen molar-refractivity contribution in [2.24, 2.45) is 10.8 Å². The van der Waals surface area contributed by atoms with E-state index in [0.29, 0.717) is 56.7 Å². The van der Waals surface area contributed by atoms with Crippen molar-refractivity contribution in [3.05, 3.63) is 119 Å². The highest BCUT2D eigenvalue weighted by Gasteiger charge is 2.36. The van der Waals surface area contributed by atoms with E-state index in [1.807, 2.05) is 45.9 Å². The number of pyridine rings is 2. The van der Waals surface area contributed by atoms with Crippen LogP contribution < -0.4 is 0 Å². The molecule has 0 radical (unpaired) electrons. The van der Waals surface area contributed by atoms with Gasteiger partial charge < -0.3 is 8.94 Å². The molecule has 0 N–H and O–H groups in total. The van der Waals surface area contributed by atoms with Gasteiger partial charge in [0.15, 0.2) is 23.1 Å². The third-order valence-electron chi connectivity index (χ3n) is 9.52. The molecule has 0 saturated carbocycles. The first-order chi connectivity index (χ1) is 24.4. The topological polar surface area (TPSA) is 136 Å². The first kappa shape index (κ1) is 33.4. The number of carbonyl (C=O) groups excluding carboxylic acids is 2. The number of hydrogen-bond acceptors (Lipinski definition) is 9. The van der Waals surface area contributed by atoms with E-state index in [-0.39, 0.29) is 28.2 Å². The number of nitrogens with zero attached hydrogens (tertiary/aromatic N) is 5. The maximum Gasteiger partial charge on any atom is 0.245 e. The second-order valence-electron chi connectivity index (χ2n) is 14.1. The third-order valence-corrected chi connectivity index (χ3v) is 9.52. The minimum atomic E-state index is -0.339. The van der Waals surface area contributed by atoms with Crippen LogP contribution in [0.2, 0.25) is 0 Å². The molecule has 2 aromatic carbocycles. The summed E-state index contributed by atoms with van der Waals surface area (Å²) in [7, 11) is 0. The van der Waals surface area contributed by atoms with E-state index >= 15 is 0 Å². The zero-order valence-corrected chi connectivity index (χ0v) is 28.7. The molecule has 0 fully saturated rings. The van der Waals surface area contributed by atoms with Crippen molar-refractivity contribution in [2.75, 3.05) is 0 Å². The van der Waals surface area contributed by atoms with E-state index in [9.17, 15) is 14.0 Å². The van der Waals surface area contributed by atoms with Crippen LogP contribution in [0, 0.1) is 28.0 Å². The first-order valence-corrected chi connectivity index (χ1v) is 16.7. The van der Waals surface area contributed by atoms with Crippen molar-refractivity contribution < 1.29 is 22.9 Å². The summed E-state index contributed by atoms with van der Waals surface area (Å²) in [4.78, 5) is 38.6. The zero-order valence-electron chi connectivity index (χ0n) is 28.7. The van der Waals surface area contributed by atoms with Gasteiger partial charge in [-0.3, -0.25) is 14.6 Å². The van der Waals surface area contributed by atoms with E-state index in [4.69, 9.17) is 14.2 Å². The highest BCUT2D eigenvalue weighted by molar-refractivity contribution is 6.02. The molecule has 10 heteroatoms. The van der Waals surface area contributed by atoms with Gasteiger partial charge in [-0.25, -0.2) is 14.4 Å². The molecule has 254 valence electrons. The van der Waals surface area contributed by atoms with E-state index in [1.165, 1.54) is 12.1 Å². The number of Topliss-reactive ketones (excluding diaryl/α,β-unsaturated/α-hetero) is 2. The molecule has 9 nitrogen and oxygen atoms in total. The van der Waals surface area contributed by atoms with Gasteiger partial charge >= 0.3 is 0 Å². The van der Waals surface area contributed by atoms with Crippen LogP contribution in [0.15, 0.2) is 94.0 Å². The maximum absolute atomic E-state index is 13.4. The maximum atomic E-state index is 13.4. The molecule has 0 atom stereocenters. The van der Waals surface area contributed by atoms with Gasteiger partial charge in [0.1, 0.15) is 17.2 Å². The minimum absolute atomic E-state index is 0.133.